The highest BCUT2D eigenvalue weighted by Crippen LogP contribution is 2.32. The van der Waals surface area contributed by atoms with Crippen molar-refractivity contribution in [2.24, 2.45) is 0 Å². The van der Waals surface area contributed by atoms with Gasteiger partial charge in [-0.15, -0.1) is 0 Å². The third kappa shape index (κ3) is 2.74. The molecule has 0 saturated carbocycles. The van der Waals surface area contributed by atoms with Gasteiger partial charge in [-0.3, -0.25) is 0 Å². The van der Waals surface area contributed by atoms with Crippen molar-refractivity contribution in [3.05, 3.63) is 60.2 Å². The first-order chi connectivity index (χ1) is 8.13. The Bertz CT molecular complexity index is 474. The van der Waals surface area contributed by atoms with Gasteiger partial charge in [-0.05, 0) is 23.6 Å². The van der Waals surface area contributed by atoms with E-state index in [9.17, 15) is 0 Å². The Balaban J connectivity index is 2.31. The average molecular weight is 244 g/mol. The Morgan fingerprint density at radius 2 is 1.41 bits per heavy atom. The van der Waals surface area contributed by atoms with E-state index in [1.165, 1.54) is 11.1 Å². The van der Waals surface area contributed by atoms with Crippen molar-refractivity contribution in [1.29, 1.82) is 0 Å². The van der Waals surface area contributed by atoms with Crippen molar-refractivity contribution >= 4 is 9.24 Å². The number of benzene rings is 2. The summed E-state index contributed by atoms with van der Waals surface area (Å²) in [6.45, 7) is 2.04. The van der Waals surface area contributed by atoms with Gasteiger partial charge in [0.05, 0.1) is 0 Å². The maximum Gasteiger partial charge on any atom is 0.103 e. The molecule has 88 valence electrons. The Hall–Kier alpha value is -1.17. The fourth-order valence-corrected chi connectivity index (χ4v) is 1.93. The van der Waals surface area contributed by atoms with Gasteiger partial charge in [0.25, 0.3) is 0 Å². The molecule has 0 spiro atoms. The maximum atomic E-state index is 5.43. The van der Waals surface area contributed by atoms with E-state index >= 15 is 0 Å². The van der Waals surface area contributed by atoms with E-state index in [2.05, 4.69) is 57.8 Å². The summed E-state index contributed by atoms with van der Waals surface area (Å²) >= 11 is 0. The largest absolute Gasteiger partial charge is 0.370 e. The van der Waals surface area contributed by atoms with Crippen LogP contribution in [0.15, 0.2) is 54.6 Å². The molecule has 0 aliphatic carbocycles. The lowest BCUT2D eigenvalue weighted by molar-refractivity contribution is 0.0850. The minimum absolute atomic E-state index is 0.310. The van der Waals surface area contributed by atoms with Crippen molar-refractivity contribution in [2.45, 2.75) is 12.3 Å². The number of ether oxygens (including phenoxy) is 1. The zero-order chi connectivity index (χ0) is 12.3. The lowest BCUT2D eigenvalue weighted by Crippen LogP contribution is -2.14. The summed E-state index contributed by atoms with van der Waals surface area (Å²) in [7, 11) is 4.45. The molecule has 0 heterocycles. The summed E-state index contributed by atoms with van der Waals surface area (Å²) in [5.74, 6) is 0. The lowest BCUT2D eigenvalue weighted by Gasteiger charge is -2.23. The average Bonchev–Trinajstić information content (AvgIpc) is 2.40. The van der Waals surface area contributed by atoms with Crippen LogP contribution in [-0.2, 0) is 10.1 Å². The minimum Gasteiger partial charge on any atom is -0.370 e. The molecule has 0 aliphatic heterocycles. The molecule has 0 N–H and O–H groups in total. The summed E-state index contributed by atoms with van der Waals surface area (Å²) in [5.41, 5.74) is 3.62. The van der Waals surface area contributed by atoms with Gasteiger partial charge >= 0.3 is 0 Å². The van der Waals surface area contributed by atoms with Crippen molar-refractivity contribution in [1.82, 2.24) is 0 Å². The van der Waals surface area contributed by atoms with E-state index in [1.807, 2.05) is 13.0 Å². The van der Waals surface area contributed by atoms with Gasteiger partial charge in [0.2, 0.25) is 0 Å². The topological polar surface area (TPSA) is 9.23 Å². The monoisotopic (exact) mass is 244 g/mol. The Morgan fingerprint density at radius 3 is 1.94 bits per heavy atom. The first-order valence-electron chi connectivity index (χ1n) is 5.63. The Labute approximate surface area is 105 Å². The van der Waals surface area contributed by atoms with E-state index < -0.39 is 0 Å². The first kappa shape index (κ1) is 12.3. The van der Waals surface area contributed by atoms with Gasteiger partial charge in [0, 0.05) is 7.11 Å². The molecule has 0 aliphatic rings. The smallest absolute Gasteiger partial charge is 0.103 e. The highest BCUT2D eigenvalue weighted by atomic mass is 31.0. The molecule has 2 aromatic rings. The van der Waals surface area contributed by atoms with Crippen molar-refractivity contribution in [3.8, 4) is 11.1 Å². The molecule has 0 radical (unpaired) electrons. The minimum atomic E-state index is -0.310. The molecule has 2 unspecified atom stereocenters. The summed E-state index contributed by atoms with van der Waals surface area (Å²) in [5, 5.41) is -0.310. The van der Waals surface area contributed by atoms with Crippen LogP contribution in [0.4, 0.5) is 0 Å². The summed E-state index contributed by atoms with van der Waals surface area (Å²) in [6, 6.07) is 18.9. The predicted molar refractivity (Wildman–Crippen MR) is 75.9 cm³/mol. The van der Waals surface area contributed by atoms with Crippen LogP contribution in [0.25, 0.3) is 11.1 Å². The van der Waals surface area contributed by atoms with Crippen LogP contribution in [-0.4, -0.2) is 7.11 Å². The highest BCUT2D eigenvalue weighted by Gasteiger charge is 2.18. The zero-order valence-corrected chi connectivity index (χ0v) is 11.3. The van der Waals surface area contributed by atoms with Gasteiger partial charge in [-0.2, -0.15) is 0 Å². The van der Waals surface area contributed by atoms with Crippen LogP contribution >= 0.6 is 9.24 Å². The molecular weight excluding hydrogens is 227 g/mol. The van der Waals surface area contributed by atoms with Crippen LogP contribution in [0.2, 0.25) is 0 Å². The molecule has 2 aromatic carbocycles. The van der Waals surface area contributed by atoms with Gasteiger partial charge < -0.3 is 4.74 Å². The van der Waals surface area contributed by atoms with Gasteiger partial charge in [0.1, 0.15) is 5.34 Å². The van der Waals surface area contributed by atoms with Gasteiger partial charge in [-0.1, -0.05) is 63.8 Å². The third-order valence-electron chi connectivity index (χ3n) is 2.99. The molecule has 0 amide bonds. The first-order valence-corrected chi connectivity index (χ1v) is 6.21. The van der Waals surface area contributed by atoms with Crippen LogP contribution in [0.1, 0.15) is 12.5 Å². The highest BCUT2D eigenvalue weighted by molar-refractivity contribution is 7.18. The second kappa shape index (κ2) is 5.00. The Morgan fingerprint density at radius 1 is 0.882 bits per heavy atom. The molecule has 0 saturated heterocycles. The third-order valence-corrected chi connectivity index (χ3v) is 3.56. The van der Waals surface area contributed by atoms with Gasteiger partial charge in [-0.25, -0.2) is 0 Å². The van der Waals surface area contributed by atoms with Crippen LogP contribution in [0.5, 0.6) is 0 Å². The molecule has 2 heteroatoms. The lowest BCUT2D eigenvalue weighted by atomic mass is 10.0. The van der Waals surface area contributed by atoms with E-state index in [0.29, 0.717) is 0 Å². The summed E-state index contributed by atoms with van der Waals surface area (Å²) < 4.78 is 5.43. The molecule has 0 aromatic heterocycles. The van der Waals surface area contributed by atoms with Crippen LogP contribution in [0.3, 0.4) is 0 Å². The Kier molecular flexibility index (Phi) is 3.61. The quantitative estimate of drug-likeness (QED) is 0.740. The van der Waals surface area contributed by atoms with E-state index in [1.54, 1.807) is 7.11 Å². The predicted octanol–water partition coefficient (Wildman–Crippen LogP) is 4.05. The number of hydrogen-bond acceptors (Lipinski definition) is 1. The fourth-order valence-electron chi connectivity index (χ4n) is 1.74. The molecule has 2 rings (SSSR count). The maximum absolute atomic E-state index is 5.43. The standard InChI is InChI=1S/C15H17OP/c1-15(17,16-2)14-10-8-13(9-11-14)12-6-4-3-5-7-12/h3-11H,17H2,1-2H3. The molecule has 17 heavy (non-hydrogen) atoms. The molecule has 1 nitrogen and oxygen atoms in total. The van der Waals surface area contributed by atoms with Gasteiger partial charge in [0.15, 0.2) is 0 Å². The second-order valence-corrected chi connectivity index (χ2v) is 5.36. The SMILES string of the molecule is COC(C)(P)c1ccc(-c2ccccc2)cc1. The second-order valence-electron chi connectivity index (χ2n) is 4.25. The summed E-state index contributed by atoms with van der Waals surface area (Å²) in [6.07, 6.45) is 0. The van der Waals surface area contributed by atoms with Crippen LogP contribution < -0.4 is 0 Å². The fraction of sp³-hybridized carbons (Fsp3) is 0.200. The van der Waals surface area contributed by atoms with E-state index in [-0.39, 0.29) is 5.34 Å². The normalized spacial score (nSPS) is 14.3. The zero-order valence-electron chi connectivity index (χ0n) is 10.2. The molecule has 0 fully saturated rings. The molecule has 2 atom stereocenters. The number of rotatable bonds is 3. The van der Waals surface area contributed by atoms with Crippen LogP contribution in [0, 0.1) is 0 Å². The molecule has 0 bridgehead atoms. The number of methoxy groups -OCH3 is 1. The van der Waals surface area contributed by atoms with E-state index in [4.69, 9.17) is 4.74 Å². The number of hydrogen-bond donors (Lipinski definition) is 0. The van der Waals surface area contributed by atoms with Crippen molar-refractivity contribution in [2.75, 3.05) is 7.11 Å². The molecular formula is C15H17OP. The van der Waals surface area contributed by atoms with Crippen molar-refractivity contribution < 1.29 is 4.74 Å². The summed E-state index contributed by atoms with van der Waals surface area (Å²) in [4.78, 5) is 0. The van der Waals surface area contributed by atoms with E-state index in [0.717, 1.165) is 5.56 Å². The van der Waals surface area contributed by atoms with Crippen molar-refractivity contribution in [3.63, 3.8) is 0 Å².